The Morgan fingerprint density at radius 3 is 2.65 bits per heavy atom. The van der Waals surface area contributed by atoms with Crippen LogP contribution in [0, 0.1) is 0 Å². The van der Waals surface area contributed by atoms with E-state index in [1.165, 1.54) is 10.6 Å². The summed E-state index contributed by atoms with van der Waals surface area (Å²) >= 11 is 6.08. The van der Waals surface area contributed by atoms with E-state index in [0.29, 0.717) is 5.02 Å². The first-order valence-electron chi connectivity index (χ1n) is 6.27. The Balaban J connectivity index is 2.04. The maximum atomic E-state index is 11.9. The van der Waals surface area contributed by atoms with Gasteiger partial charge < -0.3 is 9.88 Å². The number of hydrogen-bond acceptors (Lipinski definition) is 2. The molecule has 1 N–H and O–H groups in total. The largest absolute Gasteiger partial charge is 0.348 e. The molecular formula is C15H15ClN2O2. The standard InChI is InChI=1S/C15H15ClN2O2/c1-11(12-6-2-3-7-13(12)16)17-14(19)10-18-9-5-4-8-15(18)20/h2-9,11H,10H2,1H3,(H,17,19). The van der Waals surface area contributed by atoms with Crippen molar-refractivity contribution >= 4 is 17.5 Å². The third-order valence-corrected chi connectivity index (χ3v) is 3.31. The SMILES string of the molecule is CC(NC(=O)Cn1ccccc1=O)c1ccccc1Cl. The zero-order valence-electron chi connectivity index (χ0n) is 11.0. The molecule has 104 valence electrons. The highest BCUT2D eigenvalue weighted by molar-refractivity contribution is 6.31. The molecule has 4 nitrogen and oxygen atoms in total. The fourth-order valence-electron chi connectivity index (χ4n) is 1.94. The number of rotatable bonds is 4. The first-order valence-corrected chi connectivity index (χ1v) is 6.65. The summed E-state index contributed by atoms with van der Waals surface area (Å²) in [5, 5.41) is 3.44. The molecule has 0 bridgehead atoms. The van der Waals surface area contributed by atoms with E-state index in [4.69, 9.17) is 11.6 Å². The van der Waals surface area contributed by atoms with Gasteiger partial charge in [0, 0.05) is 17.3 Å². The van der Waals surface area contributed by atoms with E-state index in [1.807, 2.05) is 25.1 Å². The fourth-order valence-corrected chi connectivity index (χ4v) is 2.24. The molecule has 1 heterocycles. The zero-order chi connectivity index (χ0) is 14.5. The molecule has 1 unspecified atom stereocenters. The summed E-state index contributed by atoms with van der Waals surface area (Å²) in [6.45, 7) is 1.85. The Kier molecular flexibility index (Phi) is 4.58. The molecule has 0 radical (unpaired) electrons. The Bertz CT molecular complexity index is 667. The summed E-state index contributed by atoms with van der Waals surface area (Å²) < 4.78 is 1.36. The lowest BCUT2D eigenvalue weighted by atomic mass is 10.1. The highest BCUT2D eigenvalue weighted by atomic mass is 35.5. The minimum atomic E-state index is -0.231. The van der Waals surface area contributed by atoms with Gasteiger partial charge in [-0.1, -0.05) is 35.9 Å². The predicted octanol–water partition coefficient (Wildman–Crippen LogP) is 2.38. The van der Waals surface area contributed by atoms with Crippen molar-refractivity contribution in [2.75, 3.05) is 0 Å². The average Bonchev–Trinajstić information content (AvgIpc) is 2.41. The van der Waals surface area contributed by atoms with Crippen molar-refractivity contribution in [2.24, 2.45) is 0 Å². The molecule has 2 rings (SSSR count). The van der Waals surface area contributed by atoms with Crippen molar-refractivity contribution in [3.8, 4) is 0 Å². The van der Waals surface area contributed by atoms with E-state index in [9.17, 15) is 9.59 Å². The van der Waals surface area contributed by atoms with E-state index >= 15 is 0 Å². The summed E-state index contributed by atoms with van der Waals surface area (Å²) in [7, 11) is 0. The van der Waals surface area contributed by atoms with Gasteiger partial charge in [-0.05, 0) is 24.6 Å². The Labute approximate surface area is 122 Å². The maximum absolute atomic E-state index is 11.9. The van der Waals surface area contributed by atoms with Gasteiger partial charge in [-0.3, -0.25) is 9.59 Å². The van der Waals surface area contributed by atoms with Gasteiger partial charge in [0.25, 0.3) is 5.56 Å². The number of carbonyl (C=O) groups excluding carboxylic acids is 1. The summed E-state index contributed by atoms with van der Waals surface area (Å²) in [5.41, 5.74) is 0.649. The van der Waals surface area contributed by atoms with Crippen LogP contribution in [0.4, 0.5) is 0 Å². The molecule has 1 aromatic carbocycles. The topological polar surface area (TPSA) is 51.1 Å². The number of halogens is 1. The molecule has 0 fully saturated rings. The molecule has 2 aromatic rings. The van der Waals surface area contributed by atoms with Gasteiger partial charge >= 0.3 is 0 Å². The molecule has 0 aliphatic rings. The second kappa shape index (κ2) is 6.39. The lowest BCUT2D eigenvalue weighted by molar-refractivity contribution is -0.122. The third-order valence-electron chi connectivity index (χ3n) is 2.96. The number of nitrogens with zero attached hydrogens (tertiary/aromatic N) is 1. The molecule has 0 aliphatic carbocycles. The highest BCUT2D eigenvalue weighted by Crippen LogP contribution is 2.21. The van der Waals surface area contributed by atoms with Crippen LogP contribution in [0.25, 0.3) is 0 Å². The lowest BCUT2D eigenvalue weighted by Crippen LogP contribution is -2.33. The Hall–Kier alpha value is -2.07. The van der Waals surface area contributed by atoms with Crippen molar-refractivity contribution in [1.82, 2.24) is 9.88 Å². The summed E-state index contributed by atoms with van der Waals surface area (Å²) in [6, 6.07) is 11.9. The molecule has 1 aromatic heterocycles. The van der Waals surface area contributed by atoms with E-state index < -0.39 is 0 Å². The number of pyridine rings is 1. The fraction of sp³-hybridized carbons (Fsp3) is 0.200. The number of amides is 1. The van der Waals surface area contributed by atoms with Crippen LogP contribution in [0.1, 0.15) is 18.5 Å². The number of benzene rings is 1. The van der Waals surface area contributed by atoms with Crippen molar-refractivity contribution in [2.45, 2.75) is 19.5 Å². The van der Waals surface area contributed by atoms with Crippen LogP contribution in [0.3, 0.4) is 0 Å². The van der Waals surface area contributed by atoms with E-state index in [0.717, 1.165) is 5.56 Å². The van der Waals surface area contributed by atoms with Crippen molar-refractivity contribution < 1.29 is 4.79 Å². The molecule has 0 spiro atoms. The molecule has 1 atom stereocenters. The second-order valence-corrected chi connectivity index (χ2v) is 4.88. The van der Waals surface area contributed by atoms with Crippen molar-refractivity contribution in [3.63, 3.8) is 0 Å². The van der Waals surface area contributed by atoms with Crippen LogP contribution in [0.5, 0.6) is 0 Å². The summed E-state index contributed by atoms with van der Waals surface area (Å²) in [6.07, 6.45) is 1.59. The van der Waals surface area contributed by atoms with E-state index in [1.54, 1.807) is 24.4 Å². The molecule has 0 aliphatic heterocycles. The molecule has 1 amide bonds. The summed E-state index contributed by atoms with van der Waals surface area (Å²) in [5.74, 6) is -0.231. The Morgan fingerprint density at radius 2 is 1.95 bits per heavy atom. The van der Waals surface area contributed by atoms with Gasteiger partial charge in [-0.2, -0.15) is 0 Å². The number of hydrogen-bond donors (Lipinski definition) is 1. The molecule has 20 heavy (non-hydrogen) atoms. The molecule has 0 saturated carbocycles. The van der Waals surface area contributed by atoms with E-state index in [-0.39, 0.29) is 24.1 Å². The molecule has 0 saturated heterocycles. The van der Waals surface area contributed by atoms with Crippen LogP contribution < -0.4 is 10.9 Å². The van der Waals surface area contributed by atoms with Crippen molar-refractivity contribution in [1.29, 1.82) is 0 Å². The first-order chi connectivity index (χ1) is 9.58. The third kappa shape index (κ3) is 3.48. The average molecular weight is 291 g/mol. The van der Waals surface area contributed by atoms with Crippen LogP contribution in [-0.2, 0) is 11.3 Å². The maximum Gasteiger partial charge on any atom is 0.250 e. The van der Waals surface area contributed by atoms with Crippen LogP contribution in [0.15, 0.2) is 53.5 Å². The minimum Gasteiger partial charge on any atom is -0.348 e. The van der Waals surface area contributed by atoms with Gasteiger partial charge in [0.1, 0.15) is 6.54 Å². The van der Waals surface area contributed by atoms with Gasteiger partial charge in [-0.15, -0.1) is 0 Å². The quantitative estimate of drug-likeness (QED) is 0.940. The molecule has 5 heteroatoms. The van der Waals surface area contributed by atoms with Crippen LogP contribution in [-0.4, -0.2) is 10.5 Å². The monoisotopic (exact) mass is 290 g/mol. The van der Waals surface area contributed by atoms with Gasteiger partial charge in [0.05, 0.1) is 6.04 Å². The predicted molar refractivity (Wildman–Crippen MR) is 78.7 cm³/mol. The zero-order valence-corrected chi connectivity index (χ0v) is 11.8. The number of carbonyl (C=O) groups is 1. The number of aromatic nitrogens is 1. The van der Waals surface area contributed by atoms with E-state index in [2.05, 4.69) is 5.32 Å². The smallest absolute Gasteiger partial charge is 0.250 e. The lowest BCUT2D eigenvalue weighted by Gasteiger charge is -2.16. The minimum absolute atomic E-state index is 0.00549. The second-order valence-electron chi connectivity index (χ2n) is 4.48. The van der Waals surface area contributed by atoms with Gasteiger partial charge in [0.2, 0.25) is 5.91 Å². The number of nitrogens with one attached hydrogen (secondary N) is 1. The highest BCUT2D eigenvalue weighted by Gasteiger charge is 2.12. The van der Waals surface area contributed by atoms with Crippen LogP contribution in [0.2, 0.25) is 5.02 Å². The Morgan fingerprint density at radius 1 is 1.25 bits per heavy atom. The van der Waals surface area contributed by atoms with Gasteiger partial charge in [0.15, 0.2) is 0 Å². The first kappa shape index (κ1) is 14.3. The summed E-state index contributed by atoms with van der Waals surface area (Å²) in [4.78, 5) is 23.5. The van der Waals surface area contributed by atoms with Crippen molar-refractivity contribution in [3.05, 3.63) is 69.6 Å². The van der Waals surface area contributed by atoms with Gasteiger partial charge in [-0.25, -0.2) is 0 Å². The van der Waals surface area contributed by atoms with Crippen LogP contribution >= 0.6 is 11.6 Å². The normalized spacial score (nSPS) is 11.9. The molecular weight excluding hydrogens is 276 g/mol.